The Labute approximate surface area is 195 Å². The predicted molar refractivity (Wildman–Crippen MR) is 121 cm³/mol. The highest BCUT2D eigenvalue weighted by Gasteiger charge is 2.54. The van der Waals surface area contributed by atoms with E-state index in [1.807, 2.05) is 29.2 Å². The van der Waals surface area contributed by atoms with Crippen LogP contribution in [-0.2, 0) is 9.53 Å². The van der Waals surface area contributed by atoms with Crippen molar-refractivity contribution in [3.63, 3.8) is 0 Å². The number of ether oxygens (including phenoxy) is 2. The quantitative estimate of drug-likeness (QED) is 0.692. The Morgan fingerprint density at radius 2 is 1.90 bits per heavy atom. The summed E-state index contributed by atoms with van der Waals surface area (Å²) in [5, 5.41) is 12.7. The molecule has 0 bridgehead atoms. The second-order valence-corrected chi connectivity index (χ2v) is 8.01. The van der Waals surface area contributed by atoms with Gasteiger partial charge in [-0.15, -0.1) is 12.4 Å². The van der Waals surface area contributed by atoms with E-state index in [9.17, 15) is 4.79 Å². The van der Waals surface area contributed by atoms with Gasteiger partial charge in [-0.1, -0.05) is 35.3 Å². The van der Waals surface area contributed by atoms with Gasteiger partial charge in [0.05, 0.1) is 23.9 Å². The van der Waals surface area contributed by atoms with Crippen LogP contribution in [0.15, 0.2) is 58.3 Å². The number of anilines is 1. The molecule has 2 aromatic carbocycles. The van der Waals surface area contributed by atoms with Crippen molar-refractivity contribution in [2.24, 2.45) is 10.2 Å². The maximum absolute atomic E-state index is 13.7. The first-order chi connectivity index (χ1) is 14.6. The van der Waals surface area contributed by atoms with Crippen molar-refractivity contribution in [2.45, 2.75) is 5.66 Å². The Bertz CT molecular complexity index is 1090. The van der Waals surface area contributed by atoms with E-state index in [-0.39, 0.29) is 24.9 Å². The average molecular weight is 482 g/mol. The van der Waals surface area contributed by atoms with Gasteiger partial charge < -0.3 is 14.8 Å². The molecule has 31 heavy (non-hydrogen) atoms. The predicted octanol–water partition coefficient (Wildman–Crippen LogP) is 4.65. The Balaban J connectivity index is 0.00000231. The Morgan fingerprint density at radius 1 is 1.13 bits per heavy atom. The third-order valence-electron chi connectivity index (χ3n) is 5.48. The smallest absolute Gasteiger partial charge is 0.274 e. The van der Waals surface area contributed by atoms with Gasteiger partial charge in [0.25, 0.3) is 5.91 Å². The third-order valence-corrected chi connectivity index (χ3v) is 6.03. The van der Waals surface area contributed by atoms with E-state index in [0.29, 0.717) is 53.3 Å². The number of nitrogens with zero attached hydrogens (tertiary/aromatic N) is 3. The van der Waals surface area contributed by atoms with Crippen LogP contribution in [0.3, 0.4) is 0 Å². The van der Waals surface area contributed by atoms with Crippen LogP contribution in [0.25, 0.3) is 5.70 Å². The molecule has 1 amide bonds. The molecule has 1 fully saturated rings. The van der Waals surface area contributed by atoms with Gasteiger partial charge in [0.1, 0.15) is 18.1 Å². The molecule has 5 rings (SSSR count). The summed E-state index contributed by atoms with van der Waals surface area (Å²) in [5.74, 6) is 0.388. The number of hydrogen-bond donors (Lipinski definition) is 1. The molecule has 1 N–H and O–H groups in total. The molecule has 3 aliphatic heterocycles. The maximum Gasteiger partial charge on any atom is 0.274 e. The molecule has 0 aromatic heterocycles. The first-order valence-electron chi connectivity index (χ1n) is 9.57. The zero-order chi connectivity index (χ0) is 20.7. The molecule has 0 saturated carbocycles. The van der Waals surface area contributed by atoms with Crippen LogP contribution < -0.4 is 10.1 Å². The van der Waals surface area contributed by atoms with Crippen molar-refractivity contribution in [1.82, 2.24) is 4.90 Å². The number of benzene rings is 2. The first-order valence-corrected chi connectivity index (χ1v) is 10.3. The van der Waals surface area contributed by atoms with Crippen LogP contribution >= 0.6 is 35.6 Å². The van der Waals surface area contributed by atoms with Crippen molar-refractivity contribution in [2.75, 3.05) is 38.2 Å². The molecule has 3 heterocycles. The summed E-state index contributed by atoms with van der Waals surface area (Å²) in [5.41, 5.74) is 1.36. The molecule has 3 aliphatic rings. The third kappa shape index (κ3) is 3.70. The fraction of sp³-hybridized carbons (Fsp3) is 0.286. The van der Waals surface area contributed by atoms with Gasteiger partial charge in [0.2, 0.25) is 5.66 Å². The minimum Gasteiger partial charge on any atom is -0.488 e. The van der Waals surface area contributed by atoms with E-state index in [1.165, 1.54) is 0 Å². The molecule has 10 heteroatoms. The number of para-hydroxylation sites is 1. The lowest BCUT2D eigenvalue weighted by Gasteiger charge is -2.40. The van der Waals surface area contributed by atoms with Crippen LogP contribution in [0, 0.1) is 0 Å². The van der Waals surface area contributed by atoms with Crippen molar-refractivity contribution in [3.8, 4) is 5.75 Å². The largest absolute Gasteiger partial charge is 0.488 e. The van der Waals surface area contributed by atoms with Crippen molar-refractivity contribution in [3.05, 3.63) is 63.6 Å². The number of halogens is 3. The summed E-state index contributed by atoms with van der Waals surface area (Å²) < 4.78 is 11.5. The first kappa shape index (κ1) is 22.0. The molecule has 0 spiro atoms. The van der Waals surface area contributed by atoms with Gasteiger partial charge in [0, 0.05) is 29.2 Å². The monoisotopic (exact) mass is 480 g/mol. The van der Waals surface area contributed by atoms with Gasteiger partial charge in [-0.25, -0.2) is 0 Å². The van der Waals surface area contributed by atoms with E-state index in [1.54, 1.807) is 18.2 Å². The van der Waals surface area contributed by atoms with Gasteiger partial charge in [-0.3, -0.25) is 9.69 Å². The standard InChI is InChI=1S/C21H18Cl2N4O3.ClH/c22-13-5-6-17(16(23)11-13)24-20(28)21(27-7-9-29-10-8-27)15-12-30-18-4-2-1-3-14(18)19(15)25-26-21;/h1-6,11H,7-10,12H2,(H,24,28);1H. The highest BCUT2D eigenvalue weighted by Crippen LogP contribution is 2.46. The average Bonchev–Trinajstić information content (AvgIpc) is 3.17. The minimum absolute atomic E-state index is 0. The second-order valence-electron chi connectivity index (χ2n) is 7.16. The second kappa shape index (κ2) is 8.76. The zero-order valence-corrected chi connectivity index (χ0v) is 18.6. The molecule has 2 aromatic rings. The van der Waals surface area contributed by atoms with Gasteiger partial charge in [-0.2, -0.15) is 10.2 Å². The van der Waals surface area contributed by atoms with E-state index >= 15 is 0 Å². The molecule has 1 unspecified atom stereocenters. The summed E-state index contributed by atoms with van der Waals surface area (Å²) in [4.78, 5) is 15.7. The summed E-state index contributed by atoms with van der Waals surface area (Å²) in [7, 11) is 0. The molecule has 0 radical (unpaired) electrons. The topological polar surface area (TPSA) is 75.5 Å². The zero-order valence-electron chi connectivity index (χ0n) is 16.3. The summed E-state index contributed by atoms with van der Waals surface area (Å²) in [6.45, 7) is 2.32. The number of azo groups is 1. The van der Waals surface area contributed by atoms with E-state index in [0.717, 1.165) is 11.3 Å². The maximum atomic E-state index is 13.7. The lowest BCUT2D eigenvalue weighted by Crippen LogP contribution is -2.60. The number of hydrogen-bond acceptors (Lipinski definition) is 6. The molecule has 162 valence electrons. The lowest BCUT2D eigenvalue weighted by molar-refractivity contribution is -0.128. The molecular formula is C21H19Cl3N4O3. The minimum atomic E-state index is -1.32. The molecule has 7 nitrogen and oxygen atoms in total. The molecule has 0 aliphatic carbocycles. The van der Waals surface area contributed by atoms with Gasteiger partial charge in [0.15, 0.2) is 0 Å². The van der Waals surface area contributed by atoms with E-state index in [2.05, 4.69) is 15.5 Å². The lowest BCUT2D eigenvalue weighted by atomic mass is 9.91. The van der Waals surface area contributed by atoms with Crippen LogP contribution in [-0.4, -0.2) is 49.4 Å². The van der Waals surface area contributed by atoms with Crippen molar-refractivity contribution >= 4 is 52.9 Å². The van der Waals surface area contributed by atoms with Crippen molar-refractivity contribution < 1.29 is 14.3 Å². The fourth-order valence-electron chi connectivity index (χ4n) is 4.00. The molecule has 1 atom stereocenters. The molecule has 1 saturated heterocycles. The van der Waals surface area contributed by atoms with E-state index < -0.39 is 5.66 Å². The number of carbonyl (C=O) groups excluding carboxylic acids is 1. The highest BCUT2D eigenvalue weighted by molar-refractivity contribution is 6.36. The summed E-state index contributed by atoms with van der Waals surface area (Å²) in [6.07, 6.45) is 0. The molecular weight excluding hydrogens is 463 g/mol. The fourth-order valence-corrected chi connectivity index (χ4v) is 4.45. The Kier molecular flexibility index (Phi) is 6.23. The number of carbonyl (C=O) groups is 1. The summed E-state index contributed by atoms with van der Waals surface area (Å²) >= 11 is 12.3. The normalized spacial score (nSPS) is 22.3. The highest BCUT2D eigenvalue weighted by atomic mass is 35.5. The van der Waals surface area contributed by atoms with Gasteiger partial charge in [-0.05, 0) is 30.3 Å². The van der Waals surface area contributed by atoms with E-state index in [4.69, 9.17) is 32.7 Å². The SMILES string of the molecule is Cl.O=C(Nc1ccc(Cl)cc1Cl)C1(N2CCOCC2)N=NC2=C1COc1ccccc12. The number of morpholine rings is 1. The number of nitrogens with one attached hydrogen (secondary N) is 1. The Morgan fingerprint density at radius 3 is 2.68 bits per heavy atom. The van der Waals surface area contributed by atoms with Crippen LogP contribution in [0.2, 0.25) is 10.0 Å². The number of fused-ring (bicyclic) bond motifs is 2. The number of rotatable bonds is 3. The summed E-state index contributed by atoms with van der Waals surface area (Å²) in [6, 6.07) is 12.6. The van der Waals surface area contributed by atoms with Crippen LogP contribution in [0.4, 0.5) is 5.69 Å². The Hall–Kier alpha value is -2.16. The number of amides is 1. The van der Waals surface area contributed by atoms with Crippen LogP contribution in [0.5, 0.6) is 5.75 Å². The van der Waals surface area contributed by atoms with Gasteiger partial charge >= 0.3 is 0 Å². The van der Waals surface area contributed by atoms with Crippen LogP contribution in [0.1, 0.15) is 5.56 Å². The van der Waals surface area contributed by atoms with Crippen molar-refractivity contribution in [1.29, 1.82) is 0 Å².